The van der Waals surface area contributed by atoms with Gasteiger partial charge in [0.05, 0.1) is 0 Å². The third-order valence-electron chi connectivity index (χ3n) is 0. The van der Waals surface area contributed by atoms with Gasteiger partial charge in [-0.3, -0.25) is 0 Å². The summed E-state index contributed by atoms with van der Waals surface area (Å²) in [5.41, 5.74) is 0. The van der Waals surface area contributed by atoms with Crippen molar-refractivity contribution in [3.05, 3.63) is 0 Å². The zero-order chi connectivity index (χ0) is 0. The minimum atomic E-state index is 0. The molecule has 26 valence electrons. The Labute approximate surface area is 63.6 Å². The topological polar surface area (TPSA) is 0 Å². The second-order valence-electron chi connectivity index (χ2n) is 0. The second-order valence-corrected chi connectivity index (χ2v) is 0. The molecule has 0 unspecified atom stereocenters. The van der Waals surface area contributed by atoms with Gasteiger partial charge in [0, 0.05) is 53.0 Å². The van der Waals surface area contributed by atoms with Gasteiger partial charge in [-0.05, 0) is 11.0 Å². The Kier molecular flexibility index (Phi) is 211. The van der Waals surface area contributed by atoms with Crippen LogP contribution in [-0.4, -0.2) is 11.0 Å². The minimum Gasteiger partial charge on any atom is -0.0149 e. The molecule has 0 spiro atoms. The molecule has 0 rings (SSSR count). The van der Waals surface area contributed by atoms with Gasteiger partial charge in [-0.2, -0.15) is 0 Å². The van der Waals surface area contributed by atoms with E-state index in [1.807, 2.05) is 0 Å². The molecule has 0 saturated carbocycles. The Morgan fingerprint density at radius 3 is 1.00 bits per heavy atom. The fourth-order valence-electron chi connectivity index (χ4n) is 0. The predicted octanol–water partition coefficient (Wildman–Crippen LogP) is -1.46. The molecule has 0 heterocycles. The van der Waals surface area contributed by atoms with Crippen molar-refractivity contribution >= 4 is 11.0 Å². The van der Waals surface area contributed by atoms with Gasteiger partial charge in [0.2, 0.25) is 0 Å². The molecule has 4 heteroatoms. The van der Waals surface area contributed by atoms with Gasteiger partial charge in [0.25, 0.3) is 0 Å². The van der Waals surface area contributed by atoms with Crippen molar-refractivity contribution in [1.82, 2.24) is 0 Å². The Hall–Kier alpha value is 1.85. The van der Waals surface area contributed by atoms with Crippen LogP contribution in [0.1, 0.15) is 0 Å². The third kappa shape index (κ3) is 9.13. The molecule has 0 aliphatic carbocycles. The fraction of sp³-hybridized carbons (Fsp3) is 0. The van der Waals surface area contributed by atoms with E-state index in [0.717, 1.165) is 0 Å². The third-order valence-corrected chi connectivity index (χ3v) is 0. The van der Waals surface area contributed by atoms with Crippen LogP contribution < -0.4 is 0 Å². The summed E-state index contributed by atoms with van der Waals surface area (Å²) in [5, 5.41) is 0. The number of hydrogen-bond acceptors (Lipinski definition) is 0. The molecule has 0 N–H and O–H groups in total. The van der Waals surface area contributed by atoms with Crippen LogP contribution in [0.15, 0.2) is 0 Å². The van der Waals surface area contributed by atoms with E-state index in [4.69, 9.17) is 0 Å². The normalized spacial score (nSPS) is 0. The first-order valence-corrected chi connectivity index (χ1v) is 0. The van der Waals surface area contributed by atoms with Gasteiger partial charge in [-0.1, -0.05) is 0 Å². The average molecular weight is 190 g/mol. The maximum atomic E-state index is 0. The van der Waals surface area contributed by atoms with Crippen LogP contribution in [0.25, 0.3) is 0 Å². The SMILES string of the molecule is [Cr].[Mn].[SiH4].[V]. The standard InChI is InChI=1S/Cr.Mn.H4Si.V/h;;1H4;. The second kappa shape index (κ2) is 21.0. The van der Waals surface area contributed by atoms with Gasteiger partial charge < -0.3 is 0 Å². The molecule has 0 atom stereocenters. The monoisotopic (exact) mass is 190 g/mol. The van der Waals surface area contributed by atoms with E-state index < -0.39 is 0 Å². The van der Waals surface area contributed by atoms with Crippen LogP contribution in [0.3, 0.4) is 0 Å². The molecule has 0 bridgehead atoms. The minimum absolute atomic E-state index is 0. The van der Waals surface area contributed by atoms with Crippen molar-refractivity contribution in [2.24, 2.45) is 0 Å². The number of hydrogen-bond donors (Lipinski definition) is 0. The molecule has 4 heavy (non-hydrogen) atoms. The molecule has 0 nitrogen and oxygen atoms in total. The summed E-state index contributed by atoms with van der Waals surface area (Å²) in [6, 6.07) is 0. The van der Waals surface area contributed by atoms with E-state index in [9.17, 15) is 0 Å². The zero-order valence-corrected chi connectivity index (χ0v) is 5.09. The van der Waals surface area contributed by atoms with Crippen LogP contribution in [0.5, 0.6) is 0 Å². The summed E-state index contributed by atoms with van der Waals surface area (Å²) < 4.78 is 0. The van der Waals surface area contributed by atoms with Crippen molar-refractivity contribution in [1.29, 1.82) is 0 Å². The van der Waals surface area contributed by atoms with Gasteiger partial charge in [0.1, 0.15) is 0 Å². The summed E-state index contributed by atoms with van der Waals surface area (Å²) in [6.45, 7) is 0. The molecule has 0 amide bonds. The van der Waals surface area contributed by atoms with Gasteiger partial charge in [-0.15, -0.1) is 0 Å². The molecule has 0 aromatic rings. The molecule has 0 fully saturated rings. The summed E-state index contributed by atoms with van der Waals surface area (Å²) in [5.74, 6) is 0. The largest absolute Gasteiger partial charge is 0.0149 e. The quantitative estimate of drug-likeness (QED) is 0.409. The molecular weight excluding hydrogens is 186 g/mol. The van der Waals surface area contributed by atoms with E-state index in [2.05, 4.69) is 0 Å². The van der Waals surface area contributed by atoms with E-state index in [1.165, 1.54) is 0 Å². The van der Waals surface area contributed by atoms with E-state index in [0.29, 0.717) is 0 Å². The van der Waals surface area contributed by atoms with E-state index in [-0.39, 0.29) is 64.0 Å². The van der Waals surface area contributed by atoms with Gasteiger partial charge in [-0.25, -0.2) is 0 Å². The summed E-state index contributed by atoms with van der Waals surface area (Å²) in [4.78, 5) is 0. The van der Waals surface area contributed by atoms with E-state index >= 15 is 0 Å². The van der Waals surface area contributed by atoms with Crippen molar-refractivity contribution < 1.29 is 53.0 Å². The fourth-order valence-corrected chi connectivity index (χ4v) is 0. The van der Waals surface area contributed by atoms with Gasteiger partial charge in [0.15, 0.2) is 0 Å². The van der Waals surface area contributed by atoms with Crippen molar-refractivity contribution in [3.63, 3.8) is 0 Å². The summed E-state index contributed by atoms with van der Waals surface area (Å²) >= 11 is 0. The van der Waals surface area contributed by atoms with Crippen molar-refractivity contribution in [2.75, 3.05) is 0 Å². The van der Waals surface area contributed by atoms with Crippen molar-refractivity contribution in [3.8, 4) is 0 Å². The van der Waals surface area contributed by atoms with E-state index in [1.54, 1.807) is 0 Å². The molecule has 0 aromatic carbocycles. The smallest absolute Gasteiger partial charge is 0 e. The first-order chi connectivity index (χ1) is 0. The Morgan fingerprint density at radius 2 is 1.00 bits per heavy atom. The molecule has 0 aliphatic rings. The van der Waals surface area contributed by atoms with Gasteiger partial charge >= 0.3 is 0 Å². The van der Waals surface area contributed by atoms with Crippen LogP contribution in [0.2, 0.25) is 0 Å². The van der Waals surface area contributed by atoms with Crippen LogP contribution in [-0.2, 0) is 53.0 Å². The summed E-state index contributed by atoms with van der Waals surface area (Å²) in [6.07, 6.45) is 0. The van der Waals surface area contributed by atoms with Crippen LogP contribution in [0.4, 0.5) is 0 Å². The van der Waals surface area contributed by atoms with Crippen LogP contribution in [0, 0.1) is 0 Å². The predicted molar refractivity (Wildman–Crippen MR) is 11.3 cm³/mol. The van der Waals surface area contributed by atoms with Crippen molar-refractivity contribution in [2.45, 2.75) is 0 Å². The molecule has 2 radical (unpaired) electrons. The molecule has 0 aliphatic heterocycles. The first-order valence-electron chi connectivity index (χ1n) is 0. The number of rotatable bonds is 0. The first kappa shape index (κ1) is 40.1. The maximum Gasteiger partial charge on any atom is 0 e. The molecule has 0 saturated heterocycles. The zero-order valence-electron chi connectivity index (χ0n) is 1.23. The summed E-state index contributed by atoms with van der Waals surface area (Å²) in [7, 11) is 0. The average Bonchev–Trinajstić information content (AvgIpc) is 0. The maximum absolute atomic E-state index is 0. The van der Waals surface area contributed by atoms with Crippen LogP contribution >= 0.6 is 0 Å². The Morgan fingerprint density at radius 1 is 1.00 bits per heavy atom. The molecule has 0 aromatic heterocycles. The Balaban J connectivity index is 0. The molecular formula is H4CrMnSiV. The Bertz CT molecular complexity index is 8.00.